The summed E-state index contributed by atoms with van der Waals surface area (Å²) in [6.45, 7) is 6.41. The van der Waals surface area contributed by atoms with E-state index in [-0.39, 0.29) is 5.91 Å². The third-order valence-electron chi connectivity index (χ3n) is 4.96. The summed E-state index contributed by atoms with van der Waals surface area (Å²) in [6.07, 6.45) is 0. The zero-order valence-electron chi connectivity index (χ0n) is 16.5. The fourth-order valence-electron chi connectivity index (χ4n) is 3.48. The lowest BCUT2D eigenvalue weighted by atomic mass is 10.1. The van der Waals surface area contributed by atoms with E-state index in [4.69, 9.17) is 4.74 Å². The molecule has 1 aliphatic rings. The number of nitrogens with zero attached hydrogens (tertiary/aromatic N) is 5. The van der Waals surface area contributed by atoms with Gasteiger partial charge in [0.2, 0.25) is 11.1 Å². The maximum atomic E-state index is 13.4. The minimum atomic E-state index is -0.427. The number of carbonyl (C=O) groups excluding carboxylic acids is 1. The Morgan fingerprint density at radius 3 is 2.41 bits per heavy atom. The van der Waals surface area contributed by atoms with Gasteiger partial charge >= 0.3 is 0 Å². The molecular formula is C21H23N5O2S. The molecule has 0 aliphatic carbocycles. The van der Waals surface area contributed by atoms with Crippen molar-refractivity contribution >= 4 is 17.7 Å². The molecule has 2 aromatic carbocycles. The number of aryl methyl sites for hydroxylation is 2. The van der Waals surface area contributed by atoms with E-state index in [9.17, 15) is 4.79 Å². The van der Waals surface area contributed by atoms with Crippen molar-refractivity contribution in [2.75, 3.05) is 26.3 Å². The highest BCUT2D eigenvalue weighted by molar-refractivity contribution is 8.00. The van der Waals surface area contributed by atoms with Crippen molar-refractivity contribution in [2.45, 2.75) is 24.3 Å². The summed E-state index contributed by atoms with van der Waals surface area (Å²) in [6, 6.07) is 15.9. The Balaban J connectivity index is 1.69. The van der Waals surface area contributed by atoms with Crippen molar-refractivity contribution in [3.63, 3.8) is 0 Å². The van der Waals surface area contributed by atoms with Crippen LogP contribution in [0.15, 0.2) is 53.7 Å². The largest absolute Gasteiger partial charge is 0.378 e. The number of aromatic nitrogens is 4. The van der Waals surface area contributed by atoms with E-state index in [0.717, 1.165) is 22.4 Å². The first-order valence-electron chi connectivity index (χ1n) is 9.58. The smallest absolute Gasteiger partial charge is 0.240 e. The molecule has 0 bridgehead atoms. The first-order chi connectivity index (χ1) is 14.1. The van der Waals surface area contributed by atoms with Crippen molar-refractivity contribution in [1.82, 2.24) is 25.1 Å². The Hall–Kier alpha value is -2.71. The molecule has 2 heterocycles. The van der Waals surface area contributed by atoms with E-state index in [1.165, 1.54) is 11.8 Å². The normalized spacial score (nSPS) is 15.3. The van der Waals surface area contributed by atoms with Gasteiger partial charge in [0.05, 0.1) is 18.9 Å². The molecule has 1 aromatic heterocycles. The zero-order chi connectivity index (χ0) is 20.2. The van der Waals surface area contributed by atoms with Gasteiger partial charge in [-0.2, -0.15) is 4.68 Å². The highest BCUT2D eigenvalue weighted by atomic mass is 32.2. The highest BCUT2D eigenvalue weighted by Gasteiger charge is 2.30. The van der Waals surface area contributed by atoms with E-state index >= 15 is 0 Å². The van der Waals surface area contributed by atoms with Crippen LogP contribution in [-0.4, -0.2) is 57.3 Å². The summed E-state index contributed by atoms with van der Waals surface area (Å²) >= 11 is 1.38. The third-order valence-corrected chi connectivity index (χ3v) is 6.14. The first kappa shape index (κ1) is 19.6. The molecule has 0 saturated carbocycles. The molecule has 29 heavy (non-hydrogen) atoms. The monoisotopic (exact) mass is 409 g/mol. The number of hydrogen-bond donors (Lipinski definition) is 0. The molecule has 1 aliphatic heterocycles. The summed E-state index contributed by atoms with van der Waals surface area (Å²) in [5.41, 5.74) is 4.04. The van der Waals surface area contributed by atoms with Gasteiger partial charge in [-0.3, -0.25) is 4.79 Å². The van der Waals surface area contributed by atoms with Gasteiger partial charge in [0.15, 0.2) is 0 Å². The molecule has 1 atom stereocenters. The fraction of sp³-hybridized carbons (Fsp3) is 0.333. The van der Waals surface area contributed by atoms with E-state index in [2.05, 4.69) is 15.5 Å². The minimum absolute atomic E-state index is 0.0561. The second-order valence-corrected chi connectivity index (χ2v) is 8.03. The van der Waals surface area contributed by atoms with Crippen molar-refractivity contribution in [2.24, 2.45) is 0 Å². The molecule has 0 radical (unpaired) electrons. The average molecular weight is 410 g/mol. The van der Waals surface area contributed by atoms with E-state index in [1.54, 1.807) is 4.68 Å². The van der Waals surface area contributed by atoms with Crippen molar-refractivity contribution in [1.29, 1.82) is 0 Å². The van der Waals surface area contributed by atoms with Crippen LogP contribution in [0.5, 0.6) is 0 Å². The lowest BCUT2D eigenvalue weighted by Gasteiger charge is -2.30. The van der Waals surface area contributed by atoms with E-state index in [0.29, 0.717) is 31.5 Å². The molecule has 1 fully saturated rings. The number of tetrazole rings is 1. The second-order valence-electron chi connectivity index (χ2n) is 6.96. The number of benzene rings is 2. The molecule has 8 heteroatoms. The molecule has 1 amide bonds. The SMILES string of the molecule is Cc1cccc(C)c1-n1nnnc1S[C@H](C(=O)N1CCOCC1)c1ccccc1. The van der Waals surface area contributed by atoms with Crippen LogP contribution in [0.1, 0.15) is 21.9 Å². The van der Waals surface area contributed by atoms with Crippen LogP contribution in [0.2, 0.25) is 0 Å². The number of ether oxygens (including phenoxy) is 1. The molecule has 3 aromatic rings. The number of morpholine rings is 1. The molecule has 1 saturated heterocycles. The number of hydrogen-bond acceptors (Lipinski definition) is 6. The lowest BCUT2D eigenvalue weighted by molar-refractivity contribution is -0.134. The first-order valence-corrected chi connectivity index (χ1v) is 10.5. The molecule has 0 N–H and O–H groups in total. The Labute approximate surface area is 174 Å². The number of para-hydroxylation sites is 1. The molecule has 7 nitrogen and oxygen atoms in total. The zero-order valence-corrected chi connectivity index (χ0v) is 17.3. The van der Waals surface area contributed by atoms with Crippen LogP contribution < -0.4 is 0 Å². The van der Waals surface area contributed by atoms with Gasteiger partial charge in [-0.1, -0.05) is 60.3 Å². The van der Waals surface area contributed by atoms with E-state index < -0.39 is 5.25 Å². The summed E-state index contributed by atoms with van der Waals surface area (Å²) in [7, 11) is 0. The third kappa shape index (κ3) is 4.18. The molecule has 150 valence electrons. The van der Waals surface area contributed by atoms with Crippen molar-refractivity contribution < 1.29 is 9.53 Å². The Morgan fingerprint density at radius 2 is 1.72 bits per heavy atom. The summed E-state index contributed by atoms with van der Waals surface area (Å²) < 4.78 is 7.14. The highest BCUT2D eigenvalue weighted by Crippen LogP contribution is 2.37. The Bertz CT molecular complexity index is 965. The summed E-state index contributed by atoms with van der Waals surface area (Å²) in [5, 5.41) is 12.5. The van der Waals surface area contributed by atoms with Crippen LogP contribution >= 0.6 is 11.8 Å². The standard InChI is InChI=1S/C21H23N5O2S/c1-15-7-6-8-16(2)18(15)26-21(22-23-24-26)29-19(17-9-4-3-5-10-17)20(27)25-11-13-28-14-12-25/h3-10,19H,11-14H2,1-2H3/t19-/m0/s1. The second kappa shape index (κ2) is 8.75. The van der Waals surface area contributed by atoms with Gasteiger partial charge in [0.25, 0.3) is 0 Å². The summed E-state index contributed by atoms with van der Waals surface area (Å²) in [5.74, 6) is 0.0561. The predicted molar refractivity (Wildman–Crippen MR) is 111 cm³/mol. The topological polar surface area (TPSA) is 73.1 Å². The minimum Gasteiger partial charge on any atom is -0.378 e. The fourth-order valence-corrected chi connectivity index (χ4v) is 4.54. The van der Waals surface area contributed by atoms with Crippen molar-refractivity contribution in [3.05, 3.63) is 65.2 Å². The Kier molecular flexibility index (Phi) is 5.92. The lowest BCUT2D eigenvalue weighted by Crippen LogP contribution is -2.42. The molecule has 0 spiro atoms. The van der Waals surface area contributed by atoms with Gasteiger partial charge in [-0.05, 0) is 41.0 Å². The van der Waals surface area contributed by atoms with Gasteiger partial charge in [0, 0.05) is 13.1 Å². The van der Waals surface area contributed by atoms with Crippen molar-refractivity contribution in [3.8, 4) is 5.69 Å². The van der Waals surface area contributed by atoms with Gasteiger partial charge in [0.1, 0.15) is 5.25 Å². The number of thioether (sulfide) groups is 1. The molecule has 0 unspecified atom stereocenters. The maximum absolute atomic E-state index is 13.4. The van der Waals surface area contributed by atoms with Gasteiger partial charge in [-0.15, -0.1) is 5.10 Å². The molecule has 4 rings (SSSR count). The molecular weight excluding hydrogens is 386 g/mol. The maximum Gasteiger partial charge on any atom is 0.240 e. The van der Waals surface area contributed by atoms with Crippen LogP contribution in [0.4, 0.5) is 0 Å². The van der Waals surface area contributed by atoms with Crippen LogP contribution in [0.3, 0.4) is 0 Å². The van der Waals surface area contributed by atoms with Gasteiger partial charge in [-0.25, -0.2) is 0 Å². The number of rotatable bonds is 5. The van der Waals surface area contributed by atoms with Crippen LogP contribution in [-0.2, 0) is 9.53 Å². The number of carbonyl (C=O) groups is 1. The summed E-state index contributed by atoms with van der Waals surface area (Å²) in [4.78, 5) is 15.2. The number of amides is 1. The predicted octanol–water partition coefficient (Wildman–Crippen LogP) is 2.97. The van der Waals surface area contributed by atoms with Crippen LogP contribution in [0.25, 0.3) is 5.69 Å². The van der Waals surface area contributed by atoms with Gasteiger partial charge < -0.3 is 9.64 Å². The average Bonchev–Trinajstić information content (AvgIpc) is 3.20. The quantitative estimate of drug-likeness (QED) is 0.603. The van der Waals surface area contributed by atoms with Crippen LogP contribution in [0, 0.1) is 13.8 Å². The van der Waals surface area contributed by atoms with E-state index in [1.807, 2.05) is 67.3 Å². The Morgan fingerprint density at radius 1 is 1.03 bits per heavy atom.